The van der Waals surface area contributed by atoms with Gasteiger partial charge in [0.15, 0.2) is 0 Å². The van der Waals surface area contributed by atoms with E-state index in [9.17, 15) is 22.8 Å². The first kappa shape index (κ1) is 18.5. The number of rotatable bonds is 5. The molecule has 1 aromatic heterocycles. The summed E-state index contributed by atoms with van der Waals surface area (Å²) >= 11 is 0. The van der Waals surface area contributed by atoms with Crippen LogP contribution in [0, 0.1) is 0 Å². The van der Waals surface area contributed by atoms with Gasteiger partial charge in [-0.25, -0.2) is 4.79 Å². The molecule has 25 heavy (non-hydrogen) atoms. The van der Waals surface area contributed by atoms with E-state index in [0.717, 1.165) is 24.8 Å². The Labute approximate surface area is 141 Å². The maximum Gasteiger partial charge on any atom is 0.416 e. The van der Waals surface area contributed by atoms with Crippen LogP contribution in [0.1, 0.15) is 27.9 Å². The summed E-state index contributed by atoms with van der Waals surface area (Å²) in [7, 11) is 2.84. The minimum Gasteiger partial charge on any atom is -0.465 e. The number of halogens is 3. The van der Waals surface area contributed by atoms with Crippen molar-refractivity contribution in [3.05, 3.63) is 47.3 Å². The number of carbonyl (C=O) groups excluding carboxylic acids is 2. The molecular formula is C16H16F3N3O3. The van der Waals surface area contributed by atoms with Gasteiger partial charge in [-0.3, -0.25) is 9.48 Å². The van der Waals surface area contributed by atoms with Gasteiger partial charge in [-0.1, -0.05) is 0 Å². The number of aryl methyl sites for hydroxylation is 2. The average Bonchev–Trinajstić information content (AvgIpc) is 2.97. The molecule has 0 fully saturated rings. The summed E-state index contributed by atoms with van der Waals surface area (Å²) in [6.45, 7) is 0. The topological polar surface area (TPSA) is 73.2 Å². The number of nitrogens with one attached hydrogen (secondary N) is 1. The number of hydrogen-bond donors (Lipinski definition) is 1. The fraction of sp³-hybridized carbons (Fsp3) is 0.312. The molecule has 0 unspecified atom stereocenters. The summed E-state index contributed by atoms with van der Waals surface area (Å²) in [5.41, 5.74) is -0.541. The molecule has 9 heteroatoms. The van der Waals surface area contributed by atoms with Crippen molar-refractivity contribution in [2.45, 2.75) is 19.0 Å². The third-order valence-corrected chi connectivity index (χ3v) is 3.43. The lowest BCUT2D eigenvalue weighted by Gasteiger charge is -2.13. The lowest BCUT2D eigenvalue weighted by Crippen LogP contribution is -2.17. The molecule has 1 aromatic carbocycles. The van der Waals surface area contributed by atoms with Gasteiger partial charge in [-0.05, 0) is 30.2 Å². The predicted molar refractivity (Wildman–Crippen MR) is 82.9 cm³/mol. The Kier molecular flexibility index (Phi) is 5.45. The van der Waals surface area contributed by atoms with Crippen LogP contribution in [0.25, 0.3) is 0 Å². The molecule has 2 rings (SSSR count). The van der Waals surface area contributed by atoms with Crippen molar-refractivity contribution in [1.82, 2.24) is 9.78 Å². The van der Waals surface area contributed by atoms with Crippen molar-refractivity contribution in [1.29, 1.82) is 0 Å². The van der Waals surface area contributed by atoms with Gasteiger partial charge < -0.3 is 10.1 Å². The highest BCUT2D eigenvalue weighted by Crippen LogP contribution is 2.32. The predicted octanol–water partition coefficient (Wildman–Crippen LogP) is 2.80. The Morgan fingerprint density at radius 2 is 2.04 bits per heavy atom. The van der Waals surface area contributed by atoms with E-state index in [2.05, 4.69) is 15.2 Å². The van der Waals surface area contributed by atoms with E-state index in [1.807, 2.05) is 0 Å². The zero-order chi connectivity index (χ0) is 18.6. The smallest absolute Gasteiger partial charge is 0.416 e. The van der Waals surface area contributed by atoms with Crippen molar-refractivity contribution in [2.24, 2.45) is 7.05 Å². The Morgan fingerprint density at radius 1 is 1.32 bits per heavy atom. The van der Waals surface area contributed by atoms with Gasteiger partial charge in [0.1, 0.15) is 0 Å². The standard InChI is InChI=1S/C16H16F3N3O3/c1-22-9-10(8-20-22)3-6-14(23)21-13-7-11(16(17,18)19)4-5-12(13)15(24)25-2/h4-5,7-9H,3,6H2,1-2H3,(H,21,23). The molecular weight excluding hydrogens is 339 g/mol. The highest BCUT2D eigenvalue weighted by atomic mass is 19.4. The third kappa shape index (κ3) is 4.82. The molecule has 0 atom stereocenters. The van der Waals surface area contributed by atoms with Crippen LogP contribution >= 0.6 is 0 Å². The minimum absolute atomic E-state index is 0.0303. The van der Waals surface area contributed by atoms with E-state index in [-0.39, 0.29) is 17.7 Å². The Bertz CT molecular complexity index is 784. The maximum absolute atomic E-state index is 12.9. The number of benzene rings is 1. The number of alkyl halides is 3. The normalized spacial score (nSPS) is 11.2. The summed E-state index contributed by atoms with van der Waals surface area (Å²) in [5, 5.41) is 6.31. The second-order valence-electron chi connectivity index (χ2n) is 5.32. The van der Waals surface area contributed by atoms with Crippen LogP contribution in [0.3, 0.4) is 0 Å². The maximum atomic E-state index is 12.9. The highest BCUT2D eigenvalue weighted by molar-refractivity contribution is 6.01. The largest absolute Gasteiger partial charge is 0.465 e. The van der Waals surface area contributed by atoms with Gasteiger partial charge in [0.2, 0.25) is 5.91 Å². The first-order valence-electron chi connectivity index (χ1n) is 7.27. The Morgan fingerprint density at radius 3 is 2.60 bits per heavy atom. The molecule has 0 aliphatic rings. The van der Waals surface area contributed by atoms with Gasteiger partial charge in [-0.15, -0.1) is 0 Å². The lowest BCUT2D eigenvalue weighted by molar-refractivity contribution is -0.137. The number of esters is 1. The fourth-order valence-corrected chi connectivity index (χ4v) is 2.18. The quantitative estimate of drug-likeness (QED) is 0.837. The number of carbonyl (C=O) groups is 2. The molecule has 0 radical (unpaired) electrons. The second kappa shape index (κ2) is 7.37. The van der Waals surface area contributed by atoms with Crippen molar-refractivity contribution in [3.8, 4) is 0 Å². The summed E-state index contributed by atoms with van der Waals surface area (Å²) in [6.07, 6.45) is -0.868. The van der Waals surface area contributed by atoms with Gasteiger partial charge in [0, 0.05) is 19.7 Å². The van der Waals surface area contributed by atoms with E-state index in [0.29, 0.717) is 12.5 Å². The fourth-order valence-electron chi connectivity index (χ4n) is 2.18. The molecule has 0 bridgehead atoms. The number of hydrogen-bond acceptors (Lipinski definition) is 4. The van der Waals surface area contributed by atoms with Crippen LogP contribution in [0.15, 0.2) is 30.6 Å². The van der Waals surface area contributed by atoms with Crippen molar-refractivity contribution < 1.29 is 27.5 Å². The van der Waals surface area contributed by atoms with Crippen LogP contribution < -0.4 is 5.32 Å². The van der Waals surface area contributed by atoms with E-state index in [1.54, 1.807) is 24.1 Å². The number of methoxy groups -OCH3 is 1. The molecule has 0 spiro atoms. The highest BCUT2D eigenvalue weighted by Gasteiger charge is 2.32. The zero-order valence-electron chi connectivity index (χ0n) is 13.6. The molecule has 0 saturated carbocycles. The third-order valence-electron chi connectivity index (χ3n) is 3.43. The minimum atomic E-state index is -4.59. The molecule has 1 heterocycles. The Balaban J connectivity index is 2.17. The van der Waals surface area contributed by atoms with Crippen LogP contribution in [0.4, 0.5) is 18.9 Å². The van der Waals surface area contributed by atoms with Crippen LogP contribution in [-0.4, -0.2) is 28.8 Å². The molecule has 0 aliphatic carbocycles. The summed E-state index contributed by atoms with van der Waals surface area (Å²) in [5.74, 6) is -1.36. The van der Waals surface area contributed by atoms with Crippen molar-refractivity contribution in [3.63, 3.8) is 0 Å². The summed E-state index contributed by atoms with van der Waals surface area (Å²) < 4.78 is 44.7. The first-order chi connectivity index (χ1) is 11.7. The summed E-state index contributed by atoms with van der Waals surface area (Å²) in [6, 6.07) is 2.46. The van der Waals surface area contributed by atoms with E-state index >= 15 is 0 Å². The zero-order valence-corrected chi connectivity index (χ0v) is 13.6. The van der Waals surface area contributed by atoms with Gasteiger partial charge in [-0.2, -0.15) is 18.3 Å². The lowest BCUT2D eigenvalue weighted by atomic mass is 10.1. The summed E-state index contributed by atoms with van der Waals surface area (Å²) in [4.78, 5) is 23.7. The molecule has 6 nitrogen and oxygen atoms in total. The van der Waals surface area contributed by atoms with Crippen LogP contribution in [0.5, 0.6) is 0 Å². The molecule has 0 saturated heterocycles. The molecule has 1 amide bonds. The first-order valence-corrected chi connectivity index (χ1v) is 7.27. The van der Waals surface area contributed by atoms with Crippen molar-refractivity contribution in [2.75, 3.05) is 12.4 Å². The van der Waals surface area contributed by atoms with E-state index in [4.69, 9.17) is 0 Å². The molecule has 134 valence electrons. The molecule has 1 N–H and O–H groups in total. The van der Waals surface area contributed by atoms with Crippen molar-refractivity contribution >= 4 is 17.6 Å². The number of ether oxygens (including phenoxy) is 1. The average molecular weight is 355 g/mol. The van der Waals surface area contributed by atoms with Crippen LogP contribution in [0.2, 0.25) is 0 Å². The number of anilines is 1. The van der Waals surface area contributed by atoms with Gasteiger partial charge in [0.05, 0.1) is 30.1 Å². The SMILES string of the molecule is COC(=O)c1ccc(C(F)(F)F)cc1NC(=O)CCc1cnn(C)c1. The van der Waals surface area contributed by atoms with E-state index in [1.165, 1.54) is 0 Å². The van der Waals surface area contributed by atoms with Gasteiger partial charge >= 0.3 is 12.1 Å². The number of aromatic nitrogens is 2. The van der Waals surface area contributed by atoms with E-state index < -0.39 is 23.6 Å². The Hall–Kier alpha value is -2.84. The number of nitrogens with zero attached hydrogens (tertiary/aromatic N) is 2. The monoisotopic (exact) mass is 355 g/mol. The second-order valence-corrected chi connectivity index (χ2v) is 5.32. The van der Waals surface area contributed by atoms with Gasteiger partial charge in [0.25, 0.3) is 0 Å². The molecule has 2 aromatic rings. The van der Waals surface area contributed by atoms with Crippen LogP contribution in [-0.2, 0) is 29.2 Å². The number of amides is 1. The molecule has 0 aliphatic heterocycles.